The molecule has 0 aliphatic rings. The van der Waals surface area contributed by atoms with E-state index in [0.717, 1.165) is 6.42 Å². The number of anilines is 1. The van der Waals surface area contributed by atoms with Gasteiger partial charge in [-0.2, -0.15) is 0 Å². The molecule has 5 nitrogen and oxygen atoms in total. The van der Waals surface area contributed by atoms with Crippen LogP contribution in [0, 0.1) is 0 Å². The Balaban J connectivity index is 2.24. The molecule has 112 valence electrons. The van der Waals surface area contributed by atoms with Crippen LogP contribution in [0.3, 0.4) is 0 Å². The van der Waals surface area contributed by atoms with E-state index >= 15 is 0 Å². The van der Waals surface area contributed by atoms with Crippen LogP contribution in [-0.4, -0.2) is 15.5 Å². The molecule has 2 aromatic rings. The number of nitrogens with one attached hydrogen (secondary N) is 1. The molecule has 3 N–H and O–H groups in total. The number of nitrogen functional groups attached to an aromatic ring is 1. The summed E-state index contributed by atoms with van der Waals surface area (Å²) in [5.74, 6) is 1.17. The smallest absolute Gasteiger partial charge is 0.242 e. The lowest BCUT2D eigenvalue weighted by Gasteiger charge is -2.10. The number of nitrogens with two attached hydrogens (primary N) is 1. The van der Waals surface area contributed by atoms with Crippen molar-refractivity contribution in [2.45, 2.75) is 18.2 Å². The maximum absolute atomic E-state index is 11.7. The van der Waals surface area contributed by atoms with Crippen LogP contribution in [0.25, 0.3) is 0 Å². The summed E-state index contributed by atoms with van der Waals surface area (Å²) in [6.45, 7) is 2.08. The van der Waals surface area contributed by atoms with Crippen molar-refractivity contribution < 1.29 is 13.2 Å². The molecule has 0 radical (unpaired) electrons. The second kappa shape index (κ2) is 6.15. The lowest BCUT2D eigenvalue weighted by atomic mass is 10.2. The van der Waals surface area contributed by atoms with Gasteiger partial charge in [-0.1, -0.05) is 19.1 Å². The van der Waals surface area contributed by atoms with Gasteiger partial charge in [0.2, 0.25) is 10.0 Å². The molecule has 0 spiro atoms. The predicted octanol–water partition coefficient (Wildman–Crippen LogP) is 2.53. The topological polar surface area (TPSA) is 81.4 Å². The van der Waals surface area contributed by atoms with Crippen LogP contribution in [0.5, 0.6) is 11.5 Å². The molecular weight excluding hydrogens is 288 g/mol. The van der Waals surface area contributed by atoms with Gasteiger partial charge in [-0.15, -0.1) is 0 Å². The fourth-order valence-corrected chi connectivity index (χ4v) is 2.71. The van der Waals surface area contributed by atoms with E-state index in [-0.39, 0.29) is 10.6 Å². The number of ether oxygens (including phenoxy) is 1. The zero-order valence-electron chi connectivity index (χ0n) is 12.0. The van der Waals surface area contributed by atoms with Gasteiger partial charge < -0.3 is 10.5 Å². The van der Waals surface area contributed by atoms with Crippen molar-refractivity contribution in [3.63, 3.8) is 0 Å². The highest BCUT2D eigenvalue weighted by molar-refractivity contribution is 7.89. The van der Waals surface area contributed by atoms with Gasteiger partial charge in [0.1, 0.15) is 16.4 Å². The lowest BCUT2D eigenvalue weighted by Crippen LogP contribution is -2.19. The Hall–Kier alpha value is -2.05. The van der Waals surface area contributed by atoms with E-state index in [1.807, 2.05) is 24.3 Å². The molecule has 0 unspecified atom stereocenters. The first-order valence-electron chi connectivity index (χ1n) is 6.56. The zero-order valence-corrected chi connectivity index (χ0v) is 12.8. The summed E-state index contributed by atoms with van der Waals surface area (Å²) in [6.07, 6.45) is 0.962. The highest BCUT2D eigenvalue weighted by Gasteiger charge is 2.15. The molecule has 0 atom stereocenters. The second-order valence-corrected chi connectivity index (χ2v) is 6.36. The molecule has 0 amide bonds. The third-order valence-electron chi connectivity index (χ3n) is 3.11. The Morgan fingerprint density at radius 3 is 2.24 bits per heavy atom. The fraction of sp³-hybridized carbons (Fsp3) is 0.200. The van der Waals surface area contributed by atoms with Crippen LogP contribution < -0.4 is 15.2 Å². The summed E-state index contributed by atoms with van der Waals surface area (Å²) in [4.78, 5) is 0.0404. The summed E-state index contributed by atoms with van der Waals surface area (Å²) in [5, 5.41) is 0. The molecule has 0 fully saturated rings. The van der Waals surface area contributed by atoms with Gasteiger partial charge >= 0.3 is 0 Å². The monoisotopic (exact) mass is 306 g/mol. The first kappa shape index (κ1) is 15.3. The number of rotatable bonds is 5. The van der Waals surface area contributed by atoms with Crippen LogP contribution >= 0.6 is 0 Å². The van der Waals surface area contributed by atoms with Gasteiger partial charge in [0.15, 0.2) is 0 Å². The molecule has 0 heterocycles. The van der Waals surface area contributed by atoms with E-state index in [1.165, 1.54) is 24.7 Å². The number of sulfonamides is 1. The first-order valence-corrected chi connectivity index (χ1v) is 8.04. The van der Waals surface area contributed by atoms with E-state index in [0.29, 0.717) is 11.5 Å². The van der Waals surface area contributed by atoms with Crippen molar-refractivity contribution in [3.05, 3.63) is 48.0 Å². The SMILES string of the molecule is CCc1ccc(Oc2ccc(S(=O)(=O)NC)c(N)c2)cc1. The van der Waals surface area contributed by atoms with E-state index < -0.39 is 10.0 Å². The van der Waals surface area contributed by atoms with Crippen LogP contribution in [0.4, 0.5) is 5.69 Å². The van der Waals surface area contributed by atoms with E-state index in [4.69, 9.17) is 10.5 Å². The highest BCUT2D eigenvalue weighted by Crippen LogP contribution is 2.27. The molecular formula is C15H18N2O3S. The van der Waals surface area contributed by atoms with Gasteiger partial charge in [0.05, 0.1) is 5.69 Å². The Bertz CT molecular complexity index is 725. The molecule has 0 saturated carbocycles. The molecule has 2 rings (SSSR count). The molecule has 0 aliphatic heterocycles. The van der Waals surface area contributed by atoms with Gasteiger partial charge in [-0.25, -0.2) is 13.1 Å². The van der Waals surface area contributed by atoms with Crippen LogP contribution in [0.2, 0.25) is 0 Å². The molecule has 0 bridgehead atoms. The molecule has 0 saturated heterocycles. The Morgan fingerprint density at radius 2 is 1.71 bits per heavy atom. The maximum atomic E-state index is 11.7. The largest absolute Gasteiger partial charge is 0.457 e. The number of benzene rings is 2. The van der Waals surface area contributed by atoms with Crippen molar-refractivity contribution in [1.82, 2.24) is 4.72 Å². The van der Waals surface area contributed by atoms with E-state index in [1.54, 1.807) is 6.07 Å². The van der Waals surface area contributed by atoms with Gasteiger partial charge in [0, 0.05) is 6.07 Å². The standard InChI is InChI=1S/C15H18N2O3S/c1-3-11-4-6-12(7-5-11)20-13-8-9-15(14(16)10-13)21(18,19)17-2/h4-10,17H,3,16H2,1-2H3. The average Bonchev–Trinajstić information content (AvgIpc) is 2.48. The summed E-state index contributed by atoms with van der Waals surface area (Å²) in [5.41, 5.74) is 7.15. The van der Waals surface area contributed by atoms with E-state index in [9.17, 15) is 8.42 Å². The minimum absolute atomic E-state index is 0.0404. The zero-order chi connectivity index (χ0) is 15.5. The van der Waals surface area contributed by atoms with Gasteiger partial charge in [-0.3, -0.25) is 0 Å². The maximum Gasteiger partial charge on any atom is 0.242 e. The lowest BCUT2D eigenvalue weighted by molar-refractivity contribution is 0.482. The van der Waals surface area contributed by atoms with Crippen molar-refractivity contribution in [2.75, 3.05) is 12.8 Å². The second-order valence-electron chi connectivity index (χ2n) is 4.51. The molecule has 6 heteroatoms. The third-order valence-corrected chi connectivity index (χ3v) is 4.60. The Labute approximate surface area is 124 Å². The highest BCUT2D eigenvalue weighted by atomic mass is 32.2. The quantitative estimate of drug-likeness (QED) is 0.832. The van der Waals surface area contributed by atoms with Crippen molar-refractivity contribution in [3.8, 4) is 11.5 Å². The van der Waals surface area contributed by atoms with E-state index in [2.05, 4.69) is 11.6 Å². The van der Waals surface area contributed by atoms with Crippen molar-refractivity contribution >= 4 is 15.7 Å². The third kappa shape index (κ3) is 3.53. The Kier molecular flexibility index (Phi) is 4.50. The Morgan fingerprint density at radius 1 is 1.10 bits per heavy atom. The molecule has 2 aromatic carbocycles. The van der Waals surface area contributed by atoms with Crippen molar-refractivity contribution in [2.24, 2.45) is 0 Å². The molecule has 21 heavy (non-hydrogen) atoms. The fourth-order valence-electron chi connectivity index (χ4n) is 1.87. The van der Waals surface area contributed by atoms with Gasteiger partial charge in [0.25, 0.3) is 0 Å². The van der Waals surface area contributed by atoms with Crippen LogP contribution in [-0.2, 0) is 16.4 Å². The summed E-state index contributed by atoms with van der Waals surface area (Å²) < 4.78 is 31.4. The van der Waals surface area contributed by atoms with Crippen LogP contribution in [0.15, 0.2) is 47.4 Å². The summed E-state index contributed by atoms with van der Waals surface area (Å²) in [7, 11) is -2.22. The number of hydrogen-bond acceptors (Lipinski definition) is 4. The van der Waals surface area contributed by atoms with Crippen molar-refractivity contribution in [1.29, 1.82) is 0 Å². The molecule has 0 aromatic heterocycles. The number of hydrogen-bond donors (Lipinski definition) is 2. The first-order chi connectivity index (χ1) is 9.96. The predicted molar refractivity (Wildman–Crippen MR) is 83.0 cm³/mol. The minimum atomic E-state index is -3.56. The molecule has 0 aliphatic carbocycles. The summed E-state index contributed by atoms with van der Waals surface area (Å²) >= 11 is 0. The summed E-state index contributed by atoms with van der Waals surface area (Å²) in [6, 6.07) is 12.2. The van der Waals surface area contributed by atoms with Gasteiger partial charge in [-0.05, 0) is 43.3 Å². The number of aryl methyl sites for hydroxylation is 1. The average molecular weight is 306 g/mol. The minimum Gasteiger partial charge on any atom is -0.457 e. The van der Waals surface area contributed by atoms with Crippen LogP contribution in [0.1, 0.15) is 12.5 Å². The normalized spacial score (nSPS) is 11.3.